The number of aromatic nitrogens is 1. The van der Waals surface area contributed by atoms with Gasteiger partial charge in [-0.05, 0) is 31.4 Å². The van der Waals surface area contributed by atoms with Gasteiger partial charge in [-0.3, -0.25) is 4.98 Å². The van der Waals surface area contributed by atoms with Gasteiger partial charge in [0.15, 0.2) is 0 Å². The summed E-state index contributed by atoms with van der Waals surface area (Å²) in [7, 11) is 0. The lowest BCUT2D eigenvalue weighted by Gasteiger charge is -2.19. The first-order chi connectivity index (χ1) is 6.60. The Balaban J connectivity index is 2.30. The van der Waals surface area contributed by atoms with Crippen LogP contribution in [0.15, 0.2) is 18.5 Å². The van der Waals surface area contributed by atoms with Gasteiger partial charge in [-0.15, -0.1) is 0 Å². The molecule has 3 heteroatoms. The van der Waals surface area contributed by atoms with Gasteiger partial charge in [-0.1, -0.05) is 0 Å². The van der Waals surface area contributed by atoms with E-state index in [-0.39, 0.29) is 6.04 Å². The Morgan fingerprint density at radius 3 is 2.93 bits per heavy atom. The second kappa shape index (κ2) is 3.31. The van der Waals surface area contributed by atoms with Gasteiger partial charge in [0.05, 0.1) is 0 Å². The van der Waals surface area contributed by atoms with Crippen LogP contribution in [0.1, 0.15) is 30.4 Å². The summed E-state index contributed by atoms with van der Waals surface area (Å²) in [6.45, 7) is 1.93. The van der Waals surface area contributed by atoms with Crippen molar-refractivity contribution in [2.45, 2.75) is 37.9 Å². The molecule has 2 rings (SSSR count). The van der Waals surface area contributed by atoms with E-state index in [1.807, 2.05) is 13.0 Å². The van der Waals surface area contributed by atoms with Crippen LogP contribution in [0, 0.1) is 6.92 Å². The molecule has 1 aliphatic carbocycles. The Hall–Kier alpha value is -0.960. The largest absolute Gasteiger partial charge is 0.328 e. The van der Waals surface area contributed by atoms with E-state index in [1.54, 1.807) is 12.4 Å². The van der Waals surface area contributed by atoms with E-state index >= 15 is 0 Å². The lowest BCUT2D eigenvalue weighted by molar-refractivity contribution is 0.172. The number of pyridine rings is 1. The summed E-state index contributed by atoms with van der Waals surface area (Å²) >= 11 is 0. The molecule has 1 heterocycles. The number of nitrogens with two attached hydrogens (primary N) is 1. The molecule has 0 spiro atoms. The van der Waals surface area contributed by atoms with Crippen LogP contribution in [0.25, 0.3) is 0 Å². The van der Waals surface area contributed by atoms with Gasteiger partial charge in [0.2, 0.25) is 0 Å². The van der Waals surface area contributed by atoms with Crippen LogP contribution in [-0.2, 0) is 5.67 Å². The summed E-state index contributed by atoms with van der Waals surface area (Å²) in [4.78, 5) is 4.02. The second-order valence-electron chi connectivity index (χ2n) is 4.22. The maximum atomic E-state index is 14.4. The SMILES string of the molecule is Cc1cncc(C2(F)CCC(N)C2)c1. The van der Waals surface area contributed by atoms with Crippen LogP contribution in [0.4, 0.5) is 4.39 Å². The zero-order valence-electron chi connectivity index (χ0n) is 8.33. The van der Waals surface area contributed by atoms with E-state index in [0.717, 1.165) is 12.0 Å². The van der Waals surface area contributed by atoms with Crippen molar-refractivity contribution in [1.29, 1.82) is 0 Å². The van der Waals surface area contributed by atoms with Gasteiger partial charge in [-0.25, -0.2) is 4.39 Å². The topological polar surface area (TPSA) is 38.9 Å². The third-order valence-corrected chi connectivity index (χ3v) is 2.89. The maximum absolute atomic E-state index is 14.4. The van der Waals surface area contributed by atoms with Crippen molar-refractivity contribution < 1.29 is 4.39 Å². The van der Waals surface area contributed by atoms with E-state index in [0.29, 0.717) is 18.4 Å². The maximum Gasteiger partial charge on any atom is 0.139 e. The van der Waals surface area contributed by atoms with Crippen LogP contribution in [-0.4, -0.2) is 11.0 Å². The van der Waals surface area contributed by atoms with E-state index in [9.17, 15) is 4.39 Å². The van der Waals surface area contributed by atoms with Crippen molar-refractivity contribution in [2.24, 2.45) is 5.73 Å². The minimum absolute atomic E-state index is 0.000474. The Morgan fingerprint density at radius 2 is 2.36 bits per heavy atom. The number of halogens is 1. The third kappa shape index (κ3) is 1.64. The first-order valence-corrected chi connectivity index (χ1v) is 4.97. The van der Waals surface area contributed by atoms with Crippen LogP contribution in [0.2, 0.25) is 0 Å². The molecule has 0 aromatic carbocycles. The van der Waals surface area contributed by atoms with Gasteiger partial charge >= 0.3 is 0 Å². The molecule has 0 saturated heterocycles. The molecule has 0 amide bonds. The highest BCUT2D eigenvalue weighted by Crippen LogP contribution is 2.41. The predicted molar refractivity (Wildman–Crippen MR) is 53.6 cm³/mol. The lowest BCUT2D eigenvalue weighted by Crippen LogP contribution is -2.21. The van der Waals surface area contributed by atoms with E-state index in [1.165, 1.54) is 0 Å². The molecule has 1 fully saturated rings. The second-order valence-corrected chi connectivity index (χ2v) is 4.22. The quantitative estimate of drug-likeness (QED) is 0.743. The van der Waals surface area contributed by atoms with Gasteiger partial charge in [0.1, 0.15) is 5.67 Å². The highest BCUT2D eigenvalue weighted by molar-refractivity contribution is 5.24. The summed E-state index contributed by atoms with van der Waals surface area (Å²) < 4.78 is 14.4. The summed E-state index contributed by atoms with van der Waals surface area (Å²) in [6, 6.07) is 1.87. The molecule has 2 atom stereocenters. The standard InChI is InChI=1S/C11H15FN2/c1-8-4-9(7-14-6-8)11(12)3-2-10(13)5-11/h4,6-7,10H,2-3,5,13H2,1H3. The molecule has 0 aliphatic heterocycles. The van der Waals surface area contributed by atoms with Crippen LogP contribution >= 0.6 is 0 Å². The zero-order valence-corrected chi connectivity index (χ0v) is 8.33. The third-order valence-electron chi connectivity index (χ3n) is 2.89. The average molecular weight is 194 g/mol. The van der Waals surface area contributed by atoms with Crippen molar-refractivity contribution in [1.82, 2.24) is 4.98 Å². The number of hydrogen-bond acceptors (Lipinski definition) is 2. The molecule has 0 radical (unpaired) electrons. The number of nitrogens with zero attached hydrogens (tertiary/aromatic N) is 1. The Labute approximate surface area is 83.3 Å². The van der Waals surface area contributed by atoms with Crippen molar-refractivity contribution in [3.63, 3.8) is 0 Å². The number of aryl methyl sites for hydroxylation is 1. The van der Waals surface area contributed by atoms with Crippen molar-refractivity contribution in [3.8, 4) is 0 Å². The van der Waals surface area contributed by atoms with Crippen molar-refractivity contribution in [3.05, 3.63) is 29.6 Å². The van der Waals surface area contributed by atoms with Gasteiger partial charge in [0.25, 0.3) is 0 Å². The summed E-state index contributed by atoms with van der Waals surface area (Å²) in [6.07, 6.45) is 5.08. The first-order valence-electron chi connectivity index (χ1n) is 4.97. The van der Waals surface area contributed by atoms with Crippen LogP contribution in [0.5, 0.6) is 0 Å². The van der Waals surface area contributed by atoms with Gasteiger partial charge in [0, 0.05) is 30.4 Å². The van der Waals surface area contributed by atoms with Crippen molar-refractivity contribution in [2.75, 3.05) is 0 Å². The monoisotopic (exact) mass is 194 g/mol. The number of alkyl halides is 1. The minimum atomic E-state index is -1.24. The highest BCUT2D eigenvalue weighted by atomic mass is 19.1. The minimum Gasteiger partial charge on any atom is -0.328 e. The summed E-state index contributed by atoms with van der Waals surface area (Å²) in [5.41, 5.74) is 6.17. The smallest absolute Gasteiger partial charge is 0.139 e. The predicted octanol–water partition coefficient (Wildman–Crippen LogP) is 2.07. The molecule has 0 bridgehead atoms. The van der Waals surface area contributed by atoms with Gasteiger partial charge in [-0.2, -0.15) is 0 Å². The fraction of sp³-hybridized carbons (Fsp3) is 0.545. The molecule has 76 valence electrons. The fourth-order valence-electron chi connectivity index (χ4n) is 2.10. The average Bonchev–Trinajstić information content (AvgIpc) is 2.48. The molecule has 2 unspecified atom stereocenters. The fourth-order valence-corrected chi connectivity index (χ4v) is 2.10. The highest BCUT2D eigenvalue weighted by Gasteiger charge is 2.39. The first kappa shape index (κ1) is 9.59. The molecule has 1 saturated carbocycles. The molecule has 14 heavy (non-hydrogen) atoms. The van der Waals surface area contributed by atoms with E-state index in [2.05, 4.69) is 4.98 Å². The van der Waals surface area contributed by atoms with Gasteiger partial charge < -0.3 is 5.73 Å². The Bertz CT molecular complexity index is 340. The van der Waals surface area contributed by atoms with Crippen molar-refractivity contribution >= 4 is 0 Å². The summed E-state index contributed by atoms with van der Waals surface area (Å²) in [5, 5.41) is 0. The Morgan fingerprint density at radius 1 is 1.57 bits per heavy atom. The molecule has 1 aliphatic rings. The lowest BCUT2D eigenvalue weighted by atomic mass is 9.94. The van der Waals surface area contributed by atoms with E-state index in [4.69, 9.17) is 5.73 Å². The molecule has 1 aromatic heterocycles. The molecule has 1 aromatic rings. The number of rotatable bonds is 1. The Kier molecular flexibility index (Phi) is 2.27. The number of hydrogen-bond donors (Lipinski definition) is 1. The molecule has 2 N–H and O–H groups in total. The zero-order chi connectivity index (χ0) is 10.2. The van der Waals surface area contributed by atoms with Crippen LogP contribution in [0.3, 0.4) is 0 Å². The van der Waals surface area contributed by atoms with Crippen LogP contribution < -0.4 is 5.73 Å². The van der Waals surface area contributed by atoms with E-state index < -0.39 is 5.67 Å². The normalized spacial score (nSPS) is 32.1. The molecular formula is C11H15FN2. The molecule has 2 nitrogen and oxygen atoms in total. The molecular weight excluding hydrogens is 179 g/mol. The summed E-state index contributed by atoms with van der Waals surface area (Å²) in [5.74, 6) is 0.